The van der Waals surface area contributed by atoms with Gasteiger partial charge in [-0.1, -0.05) is 18.2 Å². The summed E-state index contributed by atoms with van der Waals surface area (Å²) in [6.45, 7) is 5.74. The van der Waals surface area contributed by atoms with Crippen LogP contribution in [-0.4, -0.2) is 67.0 Å². The van der Waals surface area contributed by atoms with Crippen LogP contribution in [0.5, 0.6) is 5.75 Å². The Bertz CT molecular complexity index is 593. The summed E-state index contributed by atoms with van der Waals surface area (Å²) in [5.74, 6) is 0.746. The molecule has 1 unspecified atom stereocenters. The summed E-state index contributed by atoms with van der Waals surface area (Å²) in [5.41, 5.74) is 0. The van der Waals surface area contributed by atoms with E-state index in [1.165, 1.54) is 0 Å². The summed E-state index contributed by atoms with van der Waals surface area (Å²) >= 11 is 0. The molecule has 0 aromatic heterocycles. The lowest BCUT2D eigenvalue weighted by molar-refractivity contribution is -0.143. The molecule has 1 N–H and O–H groups in total. The van der Waals surface area contributed by atoms with Gasteiger partial charge in [-0.25, -0.2) is 0 Å². The second-order valence-corrected chi connectivity index (χ2v) is 6.87. The standard InChI is InChI=1S/C19H27N3O3/c1-15-12-20-9-11-22(15)19(24)16-6-5-10-21(13-16)18(23)14-25-17-7-3-2-4-8-17/h2-4,7-8,15-16,20H,5-6,9-14H2,1H3/t15-,16?/m1/s1. The summed E-state index contributed by atoms with van der Waals surface area (Å²) in [7, 11) is 0. The number of ether oxygens (including phenoxy) is 1. The van der Waals surface area contributed by atoms with Crippen LogP contribution in [0.15, 0.2) is 30.3 Å². The third-order valence-electron chi connectivity index (χ3n) is 5.01. The Morgan fingerprint density at radius 3 is 2.80 bits per heavy atom. The Balaban J connectivity index is 1.53. The number of amides is 2. The van der Waals surface area contributed by atoms with Crippen molar-refractivity contribution < 1.29 is 14.3 Å². The van der Waals surface area contributed by atoms with Crippen molar-refractivity contribution in [1.29, 1.82) is 0 Å². The summed E-state index contributed by atoms with van der Waals surface area (Å²) in [4.78, 5) is 29.0. The molecule has 2 aliphatic heterocycles. The SMILES string of the molecule is C[C@@H]1CNCCN1C(=O)C1CCCN(C(=O)COc2ccccc2)C1. The Hall–Kier alpha value is -2.08. The van der Waals surface area contributed by atoms with Crippen LogP contribution < -0.4 is 10.1 Å². The maximum atomic E-state index is 12.8. The molecule has 1 aromatic carbocycles. The molecule has 2 saturated heterocycles. The molecule has 25 heavy (non-hydrogen) atoms. The molecule has 1 aromatic rings. The lowest BCUT2D eigenvalue weighted by Crippen LogP contribution is -2.56. The zero-order valence-electron chi connectivity index (χ0n) is 14.8. The van der Waals surface area contributed by atoms with Crippen LogP contribution in [0.4, 0.5) is 0 Å². The first-order chi connectivity index (χ1) is 12.1. The fraction of sp³-hybridized carbons (Fsp3) is 0.579. The van der Waals surface area contributed by atoms with E-state index < -0.39 is 0 Å². The third-order valence-corrected chi connectivity index (χ3v) is 5.01. The van der Waals surface area contributed by atoms with Crippen molar-refractivity contribution in [3.8, 4) is 5.75 Å². The van der Waals surface area contributed by atoms with E-state index in [9.17, 15) is 9.59 Å². The minimum Gasteiger partial charge on any atom is -0.484 e. The fourth-order valence-corrected chi connectivity index (χ4v) is 3.56. The van der Waals surface area contributed by atoms with Crippen LogP contribution in [-0.2, 0) is 9.59 Å². The fourth-order valence-electron chi connectivity index (χ4n) is 3.56. The average Bonchev–Trinajstić information content (AvgIpc) is 2.67. The van der Waals surface area contributed by atoms with E-state index in [2.05, 4.69) is 12.2 Å². The molecule has 2 aliphatic rings. The van der Waals surface area contributed by atoms with Crippen molar-refractivity contribution in [1.82, 2.24) is 15.1 Å². The van der Waals surface area contributed by atoms with Crippen LogP contribution in [0.1, 0.15) is 19.8 Å². The van der Waals surface area contributed by atoms with Gasteiger partial charge in [0.05, 0.1) is 5.92 Å². The highest BCUT2D eigenvalue weighted by molar-refractivity contribution is 5.82. The van der Waals surface area contributed by atoms with Gasteiger partial charge in [-0.15, -0.1) is 0 Å². The van der Waals surface area contributed by atoms with Crippen molar-refractivity contribution in [2.45, 2.75) is 25.8 Å². The number of benzene rings is 1. The average molecular weight is 345 g/mol. The molecule has 0 bridgehead atoms. The molecule has 6 heteroatoms. The van der Waals surface area contributed by atoms with Crippen molar-refractivity contribution >= 4 is 11.8 Å². The van der Waals surface area contributed by atoms with Gasteiger partial charge in [0, 0.05) is 38.8 Å². The van der Waals surface area contributed by atoms with Gasteiger partial charge in [0.1, 0.15) is 5.75 Å². The van der Waals surface area contributed by atoms with Crippen molar-refractivity contribution in [3.63, 3.8) is 0 Å². The summed E-state index contributed by atoms with van der Waals surface area (Å²) in [5, 5.41) is 3.31. The Morgan fingerprint density at radius 2 is 2.04 bits per heavy atom. The molecular weight excluding hydrogens is 318 g/mol. The Labute approximate surface area is 149 Å². The topological polar surface area (TPSA) is 61.9 Å². The van der Waals surface area contributed by atoms with E-state index in [4.69, 9.17) is 4.74 Å². The van der Waals surface area contributed by atoms with Crippen LogP contribution in [0.2, 0.25) is 0 Å². The highest BCUT2D eigenvalue weighted by atomic mass is 16.5. The molecule has 0 aliphatic carbocycles. The van der Waals surface area contributed by atoms with E-state index in [0.717, 1.165) is 32.5 Å². The number of hydrogen-bond acceptors (Lipinski definition) is 4. The largest absolute Gasteiger partial charge is 0.484 e. The first kappa shape index (κ1) is 17.7. The highest BCUT2D eigenvalue weighted by Crippen LogP contribution is 2.21. The molecule has 0 radical (unpaired) electrons. The molecule has 2 fully saturated rings. The predicted molar refractivity (Wildman–Crippen MR) is 95.3 cm³/mol. The van der Waals surface area contributed by atoms with Gasteiger partial charge in [0.15, 0.2) is 6.61 Å². The zero-order valence-corrected chi connectivity index (χ0v) is 14.8. The van der Waals surface area contributed by atoms with Gasteiger partial charge in [0.2, 0.25) is 5.91 Å². The number of rotatable bonds is 4. The van der Waals surface area contributed by atoms with E-state index in [1.54, 1.807) is 4.90 Å². The first-order valence-corrected chi connectivity index (χ1v) is 9.12. The number of piperidine rings is 1. The van der Waals surface area contributed by atoms with E-state index in [-0.39, 0.29) is 30.4 Å². The molecule has 2 amide bonds. The number of likely N-dealkylation sites (tertiary alicyclic amines) is 1. The van der Waals surface area contributed by atoms with E-state index in [0.29, 0.717) is 18.8 Å². The molecule has 3 rings (SSSR count). The quantitative estimate of drug-likeness (QED) is 0.888. The van der Waals surface area contributed by atoms with Crippen molar-refractivity contribution in [3.05, 3.63) is 30.3 Å². The van der Waals surface area contributed by atoms with Crippen molar-refractivity contribution in [2.24, 2.45) is 5.92 Å². The van der Waals surface area contributed by atoms with Crippen LogP contribution >= 0.6 is 0 Å². The van der Waals surface area contributed by atoms with Crippen LogP contribution in [0.25, 0.3) is 0 Å². The van der Waals surface area contributed by atoms with Gasteiger partial charge in [-0.2, -0.15) is 0 Å². The Morgan fingerprint density at radius 1 is 1.24 bits per heavy atom. The van der Waals surface area contributed by atoms with Gasteiger partial charge in [-0.05, 0) is 31.9 Å². The second kappa shape index (κ2) is 8.34. The number of hydrogen-bond donors (Lipinski definition) is 1. The maximum absolute atomic E-state index is 12.8. The van der Waals surface area contributed by atoms with Gasteiger partial charge < -0.3 is 19.9 Å². The monoisotopic (exact) mass is 345 g/mol. The number of para-hydroxylation sites is 1. The molecular formula is C19H27N3O3. The highest BCUT2D eigenvalue weighted by Gasteiger charge is 2.33. The molecule has 136 valence electrons. The first-order valence-electron chi connectivity index (χ1n) is 9.12. The van der Waals surface area contributed by atoms with Gasteiger partial charge >= 0.3 is 0 Å². The lowest BCUT2D eigenvalue weighted by atomic mass is 9.95. The minimum atomic E-state index is -0.0880. The van der Waals surface area contributed by atoms with Gasteiger partial charge in [-0.3, -0.25) is 9.59 Å². The van der Waals surface area contributed by atoms with E-state index >= 15 is 0 Å². The van der Waals surface area contributed by atoms with E-state index in [1.807, 2.05) is 35.2 Å². The molecule has 0 spiro atoms. The number of piperazine rings is 1. The summed E-state index contributed by atoms with van der Waals surface area (Å²) in [6, 6.07) is 9.55. The minimum absolute atomic E-state index is 0.0228. The number of carbonyl (C=O) groups is 2. The third kappa shape index (κ3) is 4.51. The zero-order chi connectivity index (χ0) is 17.6. The predicted octanol–water partition coefficient (Wildman–Crippen LogP) is 1.12. The molecule has 2 heterocycles. The maximum Gasteiger partial charge on any atom is 0.260 e. The lowest BCUT2D eigenvalue weighted by Gasteiger charge is -2.39. The number of carbonyl (C=O) groups excluding carboxylic acids is 2. The molecule has 0 saturated carbocycles. The summed E-state index contributed by atoms with van der Waals surface area (Å²) in [6.07, 6.45) is 1.73. The Kier molecular flexibility index (Phi) is 5.91. The number of nitrogens with zero attached hydrogens (tertiary/aromatic N) is 2. The van der Waals surface area contributed by atoms with Crippen LogP contribution in [0.3, 0.4) is 0 Å². The normalized spacial score (nSPS) is 24.0. The number of nitrogens with one attached hydrogen (secondary N) is 1. The summed E-state index contributed by atoms with van der Waals surface area (Å²) < 4.78 is 5.56. The van der Waals surface area contributed by atoms with Crippen molar-refractivity contribution in [2.75, 3.05) is 39.3 Å². The second-order valence-electron chi connectivity index (χ2n) is 6.87. The van der Waals surface area contributed by atoms with Crippen LogP contribution in [0, 0.1) is 5.92 Å². The molecule has 2 atom stereocenters. The van der Waals surface area contributed by atoms with Gasteiger partial charge in [0.25, 0.3) is 5.91 Å². The smallest absolute Gasteiger partial charge is 0.260 e. The molecule has 6 nitrogen and oxygen atoms in total.